The van der Waals surface area contributed by atoms with Crippen molar-refractivity contribution < 1.29 is 10.2 Å². The molecule has 2 rings (SSSR count). The van der Waals surface area contributed by atoms with E-state index in [2.05, 4.69) is 11.0 Å². The van der Waals surface area contributed by atoms with Crippen molar-refractivity contribution in [2.24, 2.45) is 0 Å². The van der Waals surface area contributed by atoms with Gasteiger partial charge in [0.15, 0.2) is 0 Å². The van der Waals surface area contributed by atoms with Crippen molar-refractivity contribution in [2.75, 3.05) is 11.9 Å². The Hall–Kier alpha value is -1.06. The second-order valence-corrected chi connectivity index (χ2v) is 5.32. The number of aryl methyl sites for hydroxylation is 1. The van der Waals surface area contributed by atoms with Gasteiger partial charge >= 0.3 is 0 Å². The Bertz CT molecular complexity index is 405. The van der Waals surface area contributed by atoms with Gasteiger partial charge < -0.3 is 15.1 Å². The molecule has 100 valence electrons. The highest BCUT2D eigenvalue weighted by atomic mass is 16.3. The van der Waals surface area contributed by atoms with Crippen LogP contribution < -0.4 is 4.90 Å². The van der Waals surface area contributed by atoms with Crippen molar-refractivity contribution in [3.63, 3.8) is 0 Å². The molecular weight excluding hydrogens is 226 g/mol. The summed E-state index contributed by atoms with van der Waals surface area (Å²) in [7, 11) is 2.02. The van der Waals surface area contributed by atoms with Crippen LogP contribution in [0.25, 0.3) is 0 Å². The minimum absolute atomic E-state index is 0.0458. The maximum absolute atomic E-state index is 10.1. The molecule has 3 heteroatoms. The Labute approximate surface area is 109 Å². The van der Waals surface area contributed by atoms with Gasteiger partial charge in [-0.15, -0.1) is 0 Å². The predicted molar refractivity (Wildman–Crippen MR) is 73.8 cm³/mol. The summed E-state index contributed by atoms with van der Waals surface area (Å²) in [6.45, 7) is 2.07. The summed E-state index contributed by atoms with van der Waals surface area (Å²) in [6.07, 6.45) is 3.95. The molecule has 0 aromatic heterocycles. The molecule has 1 fully saturated rings. The normalized spacial score (nSPS) is 24.0. The van der Waals surface area contributed by atoms with Gasteiger partial charge in [0.05, 0.1) is 18.8 Å². The van der Waals surface area contributed by atoms with E-state index in [1.807, 2.05) is 26.1 Å². The largest absolute Gasteiger partial charge is 0.392 e. The first-order valence-corrected chi connectivity index (χ1v) is 6.74. The first kappa shape index (κ1) is 13.4. The number of hydrogen-bond acceptors (Lipinski definition) is 3. The molecule has 18 heavy (non-hydrogen) atoms. The second kappa shape index (κ2) is 5.72. The third-order valence-corrected chi connectivity index (χ3v) is 3.98. The molecule has 0 aliphatic heterocycles. The number of aliphatic hydroxyl groups is 2. The zero-order valence-corrected chi connectivity index (χ0v) is 11.3. The first-order chi connectivity index (χ1) is 8.63. The van der Waals surface area contributed by atoms with E-state index in [0.717, 1.165) is 36.1 Å². The Morgan fingerprint density at radius 2 is 2.00 bits per heavy atom. The lowest BCUT2D eigenvalue weighted by molar-refractivity contribution is 0.106. The average molecular weight is 249 g/mol. The standard InChI is InChI=1S/C15H23NO2/c1-11-7-8-13(12(9-11)10-17)16(2)14-5-3-4-6-15(14)18/h7-9,14-15,17-18H,3-6,10H2,1-2H3. The quantitative estimate of drug-likeness (QED) is 0.863. The van der Waals surface area contributed by atoms with Crippen LogP contribution in [0.3, 0.4) is 0 Å². The fourth-order valence-corrected chi connectivity index (χ4v) is 2.91. The van der Waals surface area contributed by atoms with Crippen molar-refractivity contribution in [2.45, 2.75) is 51.4 Å². The number of rotatable bonds is 3. The Kier molecular flexibility index (Phi) is 4.25. The SMILES string of the molecule is Cc1ccc(N(C)C2CCCCC2O)c(CO)c1. The van der Waals surface area contributed by atoms with Crippen LogP contribution in [0.1, 0.15) is 36.8 Å². The molecule has 1 aromatic rings. The smallest absolute Gasteiger partial charge is 0.0743 e. The molecule has 0 radical (unpaired) electrons. The lowest BCUT2D eigenvalue weighted by Crippen LogP contribution is -2.43. The molecule has 0 heterocycles. The fourth-order valence-electron chi connectivity index (χ4n) is 2.91. The first-order valence-electron chi connectivity index (χ1n) is 6.74. The molecule has 0 amide bonds. The number of benzene rings is 1. The monoisotopic (exact) mass is 249 g/mol. The minimum atomic E-state index is -0.253. The van der Waals surface area contributed by atoms with Gasteiger partial charge in [0, 0.05) is 18.3 Å². The van der Waals surface area contributed by atoms with Crippen molar-refractivity contribution in [1.82, 2.24) is 0 Å². The van der Waals surface area contributed by atoms with E-state index in [0.29, 0.717) is 0 Å². The van der Waals surface area contributed by atoms with Crippen LogP contribution in [0.5, 0.6) is 0 Å². The molecule has 1 aliphatic rings. The molecule has 2 unspecified atom stereocenters. The van der Waals surface area contributed by atoms with Crippen LogP contribution in [0.2, 0.25) is 0 Å². The van der Waals surface area contributed by atoms with E-state index in [1.54, 1.807) is 0 Å². The van der Waals surface area contributed by atoms with Gasteiger partial charge in [0.2, 0.25) is 0 Å². The lowest BCUT2D eigenvalue weighted by Gasteiger charge is -2.37. The molecule has 0 spiro atoms. The molecular formula is C15H23NO2. The lowest BCUT2D eigenvalue weighted by atomic mass is 9.91. The Morgan fingerprint density at radius 1 is 1.28 bits per heavy atom. The molecule has 1 saturated carbocycles. The van der Waals surface area contributed by atoms with Crippen LogP contribution in [0.15, 0.2) is 18.2 Å². The molecule has 1 aliphatic carbocycles. The molecule has 2 atom stereocenters. The van der Waals surface area contributed by atoms with Crippen molar-refractivity contribution in [3.8, 4) is 0 Å². The van der Waals surface area contributed by atoms with Crippen LogP contribution in [-0.4, -0.2) is 29.4 Å². The summed E-state index contributed by atoms with van der Waals surface area (Å²) in [5.41, 5.74) is 3.13. The van der Waals surface area contributed by atoms with E-state index >= 15 is 0 Å². The summed E-state index contributed by atoms with van der Waals surface area (Å²) in [6, 6.07) is 6.29. The predicted octanol–water partition coefficient (Wildman–Crippen LogP) is 2.23. The van der Waals surface area contributed by atoms with Gasteiger partial charge in [-0.05, 0) is 25.8 Å². The Balaban J connectivity index is 2.24. The van der Waals surface area contributed by atoms with Crippen molar-refractivity contribution in [1.29, 1.82) is 0 Å². The minimum Gasteiger partial charge on any atom is -0.392 e. The van der Waals surface area contributed by atoms with E-state index in [9.17, 15) is 10.2 Å². The highest BCUT2D eigenvalue weighted by molar-refractivity contribution is 5.55. The van der Waals surface area contributed by atoms with Gasteiger partial charge in [-0.2, -0.15) is 0 Å². The Morgan fingerprint density at radius 3 is 2.67 bits per heavy atom. The third kappa shape index (κ3) is 2.68. The van der Waals surface area contributed by atoms with Gasteiger partial charge in [-0.3, -0.25) is 0 Å². The van der Waals surface area contributed by atoms with Gasteiger partial charge in [0.1, 0.15) is 0 Å². The number of aliphatic hydroxyl groups excluding tert-OH is 2. The highest BCUT2D eigenvalue weighted by Crippen LogP contribution is 2.29. The van der Waals surface area contributed by atoms with Crippen LogP contribution in [0, 0.1) is 6.92 Å². The molecule has 0 bridgehead atoms. The average Bonchev–Trinajstić information content (AvgIpc) is 2.38. The van der Waals surface area contributed by atoms with E-state index in [4.69, 9.17) is 0 Å². The van der Waals surface area contributed by atoms with E-state index < -0.39 is 0 Å². The number of nitrogens with zero attached hydrogens (tertiary/aromatic N) is 1. The topological polar surface area (TPSA) is 43.7 Å². The number of hydrogen-bond donors (Lipinski definition) is 2. The summed E-state index contributed by atoms with van der Waals surface area (Å²) in [4.78, 5) is 2.13. The van der Waals surface area contributed by atoms with Crippen LogP contribution in [-0.2, 0) is 6.61 Å². The third-order valence-electron chi connectivity index (χ3n) is 3.98. The van der Waals surface area contributed by atoms with Crippen LogP contribution >= 0.6 is 0 Å². The number of likely N-dealkylation sites (N-methyl/N-ethyl adjacent to an activating group) is 1. The van der Waals surface area contributed by atoms with E-state index in [-0.39, 0.29) is 18.8 Å². The number of anilines is 1. The molecule has 1 aromatic carbocycles. The zero-order chi connectivity index (χ0) is 13.1. The van der Waals surface area contributed by atoms with Crippen molar-refractivity contribution >= 4 is 5.69 Å². The van der Waals surface area contributed by atoms with Gasteiger partial charge in [-0.25, -0.2) is 0 Å². The maximum atomic E-state index is 10.1. The van der Waals surface area contributed by atoms with Crippen LogP contribution in [0.4, 0.5) is 5.69 Å². The summed E-state index contributed by atoms with van der Waals surface area (Å²) in [5, 5.41) is 19.6. The highest BCUT2D eigenvalue weighted by Gasteiger charge is 2.27. The van der Waals surface area contributed by atoms with E-state index in [1.165, 1.54) is 6.42 Å². The summed E-state index contributed by atoms with van der Waals surface area (Å²) >= 11 is 0. The van der Waals surface area contributed by atoms with Gasteiger partial charge in [0.25, 0.3) is 0 Å². The molecule has 0 saturated heterocycles. The van der Waals surface area contributed by atoms with Gasteiger partial charge in [-0.1, -0.05) is 30.5 Å². The maximum Gasteiger partial charge on any atom is 0.0743 e. The fraction of sp³-hybridized carbons (Fsp3) is 0.600. The molecule has 2 N–H and O–H groups in total. The summed E-state index contributed by atoms with van der Waals surface area (Å²) in [5.74, 6) is 0. The summed E-state index contributed by atoms with van der Waals surface area (Å²) < 4.78 is 0. The van der Waals surface area contributed by atoms with Crippen molar-refractivity contribution in [3.05, 3.63) is 29.3 Å². The molecule has 3 nitrogen and oxygen atoms in total. The zero-order valence-electron chi connectivity index (χ0n) is 11.3. The second-order valence-electron chi connectivity index (χ2n) is 5.32.